The number of carboxylic acids is 1. The largest absolute Gasteiger partial charge is 1.00 e. The van der Waals surface area contributed by atoms with Crippen LogP contribution in [-0.4, -0.2) is 23.0 Å². The normalized spacial score (nSPS) is 10.5. The van der Waals surface area contributed by atoms with E-state index in [9.17, 15) is 23.1 Å². The van der Waals surface area contributed by atoms with Crippen LogP contribution < -0.4 is 28.7 Å². The Balaban J connectivity index is 0.00000225. The standard InChI is InChI=1S/C7H5F3N2O3.Li/c1-15-4-2-3(7(8,9)10)11-5(12-4)6(13)14;/h2H,1H3,(H,13,14);/q;+1/p-1. The van der Waals surface area contributed by atoms with Crippen molar-refractivity contribution < 1.29 is 46.7 Å². The number of carboxylic acid groups (broad SMARTS) is 1. The number of hydrogen-bond donors (Lipinski definition) is 0. The molecule has 0 saturated carbocycles. The molecule has 0 aliphatic carbocycles. The van der Waals surface area contributed by atoms with Crippen LogP contribution in [0.1, 0.15) is 16.3 Å². The molecule has 5 nitrogen and oxygen atoms in total. The summed E-state index contributed by atoms with van der Waals surface area (Å²) in [6, 6.07) is 0.492. The summed E-state index contributed by atoms with van der Waals surface area (Å²) in [7, 11) is 1.06. The number of halogens is 3. The number of carbonyl (C=O) groups is 1. The fraction of sp³-hybridized carbons (Fsp3) is 0.286. The van der Waals surface area contributed by atoms with Gasteiger partial charge in [-0.05, 0) is 0 Å². The Morgan fingerprint density at radius 3 is 2.38 bits per heavy atom. The molecule has 16 heavy (non-hydrogen) atoms. The van der Waals surface area contributed by atoms with Crippen LogP contribution in [0.4, 0.5) is 13.2 Å². The Bertz CT molecular complexity index is 397. The topological polar surface area (TPSA) is 75.1 Å². The predicted octanol–water partition coefficient (Wildman–Crippen LogP) is -3.13. The molecule has 0 fully saturated rings. The third-order valence-corrected chi connectivity index (χ3v) is 1.38. The maximum Gasteiger partial charge on any atom is 1.00 e. The molecule has 82 valence electrons. The molecule has 0 spiro atoms. The van der Waals surface area contributed by atoms with Gasteiger partial charge in [0.1, 0.15) is 5.97 Å². The van der Waals surface area contributed by atoms with E-state index in [1.807, 2.05) is 0 Å². The van der Waals surface area contributed by atoms with Crippen molar-refractivity contribution in [1.82, 2.24) is 9.97 Å². The van der Waals surface area contributed by atoms with Gasteiger partial charge in [-0.3, -0.25) is 0 Å². The Morgan fingerprint density at radius 2 is 2.00 bits per heavy atom. The van der Waals surface area contributed by atoms with E-state index in [1.165, 1.54) is 0 Å². The minimum atomic E-state index is -4.76. The van der Waals surface area contributed by atoms with Gasteiger partial charge in [0.05, 0.1) is 7.11 Å². The van der Waals surface area contributed by atoms with Crippen molar-refractivity contribution >= 4 is 5.97 Å². The van der Waals surface area contributed by atoms with Gasteiger partial charge >= 0.3 is 25.0 Å². The molecule has 0 radical (unpaired) electrons. The third-order valence-electron chi connectivity index (χ3n) is 1.38. The quantitative estimate of drug-likeness (QED) is 0.500. The van der Waals surface area contributed by atoms with Gasteiger partial charge in [-0.2, -0.15) is 18.2 Å². The Morgan fingerprint density at radius 1 is 1.44 bits per heavy atom. The number of hydrogen-bond acceptors (Lipinski definition) is 5. The molecule has 1 rings (SSSR count). The fourth-order valence-corrected chi connectivity index (χ4v) is 0.766. The first-order chi connectivity index (χ1) is 6.84. The molecule has 0 aliphatic heterocycles. The van der Waals surface area contributed by atoms with E-state index in [-0.39, 0.29) is 18.9 Å². The smallest absolute Gasteiger partial charge is 0.541 e. The molecule has 0 aliphatic rings. The summed E-state index contributed by atoms with van der Waals surface area (Å²) in [5.74, 6) is -3.46. The van der Waals surface area contributed by atoms with E-state index in [0.717, 1.165) is 7.11 Å². The zero-order valence-corrected chi connectivity index (χ0v) is 8.33. The predicted molar refractivity (Wildman–Crippen MR) is 37.9 cm³/mol. The molecule has 0 aromatic carbocycles. The van der Waals surface area contributed by atoms with Crippen LogP contribution in [0, 0.1) is 0 Å². The average Bonchev–Trinajstić information content (AvgIpc) is 2.15. The van der Waals surface area contributed by atoms with Crippen LogP contribution in [0.5, 0.6) is 5.88 Å². The Hall–Kier alpha value is -1.26. The molecule has 1 aromatic heterocycles. The number of aromatic carboxylic acids is 1. The maximum absolute atomic E-state index is 12.2. The van der Waals surface area contributed by atoms with E-state index >= 15 is 0 Å². The molecule has 0 saturated heterocycles. The van der Waals surface area contributed by atoms with Crippen molar-refractivity contribution in [2.45, 2.75) is 6.18 Å². The number of alkyl halides is 3. The van der Waals surface area contributed by atoms with Gasteiger partial charge in [0.25, 0.3) is 0 Å². The number of rotatable bonds is 2. The van der Waals surface area contributed by atoms with Crippen LogP contribution in [0.2, 0.25) is 0 Å². The fourth-order valence-electron chi connectivity index (χ4n) is 0.766. The summed E-state index contributed by atoms with van der Waals surface area (Å²) in [4.78, 5) is 16.2. The van der Waals surface area contributed by atoms with Gasteiger partial charge in [0.2, 0.25) is 5.88 Å². The van der Waals surface area contributed by atoms with Crippen LogP contribution in [0.25, 0.3) is 0 Å². The first-order valence-electron chi connectivity index (χ1n) is 3.56. The first-order valence-corrected chi connectivity index (χ1v) is 3.56. The van der Waals surface area contributed by atoms with Crippen molar-refractivity contribution in [3.8, 4) is 5.88 Å². The van der Waals surface area contributed by atoms with Crippen molar-refractivity contribution in [2.75, 3.05) is 7.11 Å². The van der Waals surface area contributed by atoms with Gasteiger partial charge in [-0.1, -0.05) is 0 Å². The second-order valence-electron chi connectivity index (χ2n) is 2.40. The minimum Gasteiger partial charge on any atom is -0.541 e. The van der Waals surface area contributed by atoms with Gasteiger partial charge in [-0.15, -0.1) is 0 Å². The molecule has 0 bridgehead atoms. The number of carbonyl (C=O) groups excluding carboxylic acids is 1. The minimum absolute atomic E-state index is 0. The van der Waals surface area contributed by atoms with Crippen molar-refractivity contribution in [2.24, 2.45) is 0 Å². The Labute approximate surface area is 99.8 Å². The summed E-state index contributed by atoms with van der Waals surface area (Å²) in [6.07, 6.45) is -4.76. The van der Waals surface area contributed by atoms with Crippen molar-refractivity contribution in [1.29, 1.82) is 0 Å². The van der Waals surface area contributed by atoms with Crippen molar-refractivity contribution in [3.05, 3.63) is 17.6 Å². The first kappa shape index (κ1) is 14.7. The number of nitrogens with zero attached hydrogens (tertiary/aromatic N) is 2. The van der Waals surface area contributed by atoms with E-state index in [1.54, 1.807) is 0 Å². The zero-order chi connectivity index (χ0) is 11.6. The second-order valence-corrected chi connectivity index (χ2v) is 2.40. The molecule has 0 unspecified atom stereocenters. The number of ether oxygens (including phenoxy) is 1. The maximum atomic E-state index is 12.2. The average molecular weight is 228 g/mol. The molecule has 0 atom stereocenters. The summed E-state index contributed by atoms with van der Waals surface area (Å²) in [5, 5.41) is 10.3. The summed E-state index contributed by atoms with van der Waals surface area (Å²) >= 11 is 0. The number of methoxy groups -OCH3 is 1. The Kier molecular flexibility index (Phi) is 4.77. The van der Waals surface area contributed by atoms with Crippen LogP contribution in [0.15, 0.2) is 6.07 Å². The van der Waals surface area contributed by atoms with Crippen molar-refractivity contribution in [3.63, 3.8) is 0 Å². The monoisotopic (exact) mass is 228 g/mol. The van der Waals surface area contributed by atoms with Crippen LogP contribution >= 0.6 is 0 Å². The van der Waals surface area contributed by atoms with Gasteiger partial charge < -0.3 is 14.6 Å². The molecule has 0 N–H and O–H groups in total. The van der Waals surface area contributed by atoms with Crippen LogP contribution in [-0.2, 0) is 6.18 Å². The van der Waals surface area contributed by atoms with E-state index < -0.39 is 29.5 Å². The summed E-state index contributed by atoms with van der Waals surface area (Å²) in [5.41, 5.74) is -1.39. The molecule has 9 heteroatoms. The van der Waals surface area contributed by atoms with Gasteiger partial charge in [-0.25, -0.2) is 4.98 Å². The summed E-state index contributed by atoms with van der Waals surface area (Å²) in [6.45, 7) is 0. The summed E-state index contributed by atoms with van der Waals surface area (Å²) < 4.78 is 41.0. The molecule has 1 aromatic rings. The second kappa shape index (κ2) is 5.18. The molecular formula is C7H4F3LiN2O3. The number of aromatic nitrogens is 2. The van der Waals surface area contributed by atoms with Crippen LogP contribution in [0.3, 0.4) is 0 Å². The van der Waals surface area contributed by atoms with E-state index in [0.29, 0.717) is 6.07 Å². The van der Waals surface area contributed by atoms with Gasteiger partial charge in [0, 0.05) is 6.07 Å². The molecule has 0 amide bonds. The SMILES string of the molecule is COc1cc(C(F)(F)F)nc(C(=O)[O-])n1.[Li+]. The zero-order valence-electron chi connectivity index (χ0n) is 8.33. The van der Waals surface area contributed by atoms with Gasteiger partial charge in [0.15, 0.2) is 11.5 Å². The van der Waals surface area contributed by atoms with E-state index in [2.05, 4.69) is 14.7 Å². The third kappa shape index (κ3) is 3.39. The van der Waals surface area contributed by atoms with E-state index in [4.69, 9.17) is 0 Å². The molecule has 1 heterocycles. The molecular weight excluding hydrogens is 224 g/mol.